The van der Waals surface area contributed by atoms with Crippen molar-refractivity contribution in [1.29, 1.82) is 0 Å². The number of amides is 1. The van der Waals surface area contributed by atoms with Crippen LogP contribution in [-0.4, -0.2) is 22.9 Å². The van der Waals surface area contributed by atoms with Crippen LogP contribution in [0.5, 0.6) is 5.75 Å². The van der Waals surface area contributed by atoms with Crippen molar-refractivity contribution in [2.45, 2.75) is 32.4 Å². The zero-order chi connectivity index (χ0) is 19.1. The molecule has 2 bridgehead atoms. The summed E-state index contributed by atoms with van der Waals surface area (Å²) in [6.45, 7) is 1.21. The standard InChI is InChI=1S/C24H26N2O2/c1-28-20-7-4-17(5-8-20)15-26(16-18-3-2-12-25-14-18)23(27)21-13-19-6-9-22(21)24(19)10-11-24/h2-9,12,14,19,21-22H,10-11,13,15-16H2,1H3. The predicted molar refractivity (Wildman–Crippen MR) is 107 cm³/mol. The number of allylic oxidation sites excluding steroid dienone is 2. The highest BCUT2D eigenvalue weighted by atomic mass is 16.5. The van der Waals surface area contributed by atoms with Crippen molar-refractivity contribution in [2.75, 3.05) is 7.11 Å². The first-order valence-corrected chi connectivity index (χ1v) is 10.2. The second-order valence-electron chi connectivity index (χ2n) is 8.50. The summed E-state index contributed by atoms with van der Waals surface area (Å²) in [5, 5.41) is 0. The van der Waals surface area contributed by atoms with Crippen LogP contribution in [0.1, 0.15) is 30.4 Å². The zero-order valence-corrected chi connectivity index (χ0v) is 16.3. The van der Waals surface area contributed by atoms with Gasteiger partial charge in [-0.05, 0) is 65.8 Å². The van der Waals surface area contributed by atoms with Crippen molar-refractivity contribution >= 4 is 5.91 Å². The van der Waals surface area contributed by atoms with E-state index in [9.17, 15) is 4.79 Å². The highest BCUT2D eigenvalue weighted by Gasteiger charge is 2.64. The van der Waals surface area contributed by atoms with Crippen molar-refractivity contribution in [3.8, 4) is 5.75 Å². The molecule has 1 aromatic carbocycles. The summed E-state index contributed by atoms with van der Waals surface area (Å²) in [6.07, 6.45) is 11.9. The summed E-state index contributed by atoms with van der Waals surface area (Å²) in [6, 6.07) is 12.0. The molecule has 2 fully saturated rings. The van der Waals surface area contributed by atoms with Crippen LogP contribution in [0.2, 0.25) is 0 Å². The minimum Gasteiger partial charge on any atom is -0.497 e. The maximum absolute atomic E-state index is 13.6. The molecular formula is C24H26N2O2. The molecule has 3 aliphatic carbocycles. The molecule has 0 N–H and O–H groups in total. The highest BCUT2D eigenvalue weighted by molar-refractivity contribution is 5.80. The Morgan fingerprint density at radius 3 is 2.57 bits per heavy atom. The Morgan fingerprint density at radius 1 is 1.14 bits per heavy atom. The van der Waals surface area contributed by atoms with E-state index in [1.54, 1.807) is 13.3 Å². The number of nitrogens with zero attached hydrogens (tertiary/aromatic N) is 2. The molecule has 4 heteroatoms. The average Bonchev–Trinajstić information content (AvgIpc) is 3.41. The van der Waals surface area contributed by atoms with Crippen LogP contribution in [0.3, 0.4) is 0 Å². The Balaban J connectivity index is 1.38. The number of pyridine rings is 1. The first-order valence-electron chi connectivity index (χ1n) is 10.2. The van der Waals surface area contributed by atoms with Gasteiger partial charge in [-0.2, -0.15) is 0 Å². The monoisotopic (exact) mass is 374 g/mol. The Kier molecular flexibility index (Phi) is 4.22. The van der Waals surface area contributed by atoms with Gasteiger partial charge in [0.25, 0.3) is 0 Å². The molecular weight excluding hydrogens is 348 g/mol. The van der Waals surface area contributed by atoms with Crippen LogP contribution in [-0.2, 0) is 17.9 Å². The molecule has 3 aliphatic rings. The van der Waals surface area contributed by atoms with Crippen molar-refractivity contribution in [3.63, 3.8) is 0 Å². The van der Waals surface area contributed by atoms with Gasteiger partial charge in [0.1, 0.15) is 5.75 Å². The lowest BCUT2D eigenvalue weighted by molar-refractivity contribution is -0.137. The van der Waals surface area contributed by atoms with Crippen LogP contribution >= 0.6 is 0 Å². The van der Waals surface area contributed by atoms with Crippen LogP contribution < -0.4 is 4.74 Å². The molecule has 144 valence electrons. The van der Waals surface area contributed by atoms with Crippen LogP contribution in [0.15, 0.2) is 60.9 Å². The summed E-state index contributed by atoms with van der Waals surface area (Å²) in [5.74, 6) is 2.32. The number of carbonyl (C=O) groups excluding carboxylic acids is 1. The fourth-order valence-electron chi connectivity index (χ4n) is 5.37. The van der Waals surface area contributed by atoms with Crippen LogP contribution in [0, 0.1) is 23.2 Å². The average molecular weight is 374 g/mol. The third-order valence-corrected chi connectivity index (χ3v) is 6.98. The largest absolute Gasteiger partial charge is 0.497 e. The maximum atomic E-state index is 13.6. The van der Waals surface area contributed by atoms with Crippen molar-refractivity contribution in [2.24, 2.45) is 23.2 Å². The molecule has 1 amide bonds. The van der Waals surface area contributed by atoms with E-state index >= 15 is 0 Å². The molecule has 0 saturated heterocycles. The van der Waals surface area contributed by atoms with Crippen molar-refractivity contribution < 1.29 is 9.53 Å². The van der Waals surface area contributed by atoms with E-state index in [1.807, 2.05) is 47.5 Å². The number of methoxy groups -OCH3 is 1. The second-order valence-corrected chi connectivity index (χ2v) is 8.50. The van der Waals surface area contributed by atoms with Gasteiger partial charge >= 0.3 is 0 Å². The molecule has 2 aromatic rings. The summed E-state index contributed by atoms with van der Waals surface area (Å²) >= 11 is 0. The van der Waals surface area contributed by atoms with Gasteiger partial charge in [0.2, 0.25) is 5.91 Å². The minimum absolute atomic E-state index is 0.132. The lowest BCUT2D eigenvalue weighted by Crippen LogP contribution is -2.37. The lowest BCUT2D eigenvalue weighted by atomic mass is 9.88. The predicted octanol–water partition coefficient (Wildman–Crippen LogP) is 4.22. The van der Waals surface area contributed by atoms with E-state index in [0.717, 1.165) is 23.3 Å². The van der Waals surface area contributed by atoms with Gasteiger partial charge in [-0.3, -0.25) is 9.78 Å². The summed E-state index contributed by atoms with van der Waals surface area (Å²) in [7, 11) is 1.67. The Hall–Kier alpha value is -2.62. The quantitative estimate of drug-likeness (QED) is 0.711. The van der Waals surface area contributed by atoms with Gasteiger partial charge in [-0.15, -0.1) is 0 Å². The number of carbonyl (C=O) groups is 1. The number of hydrogen-bond acceptors (Lipinski definition) is 3. The van der Waals surface area contributed by atoms with Gasteiger partial charge < -0.3 is 9.64 Å². The first-order chi connectivity index (χ1) is 13.7. The second kappa shape index (κ2) is 6.77. The number of aromatic nitrogens is 1. The fourth-order valence-corrected chi connectivity index (χ4v) is 5.37. The molecule has 1 aromatic heterocycles. The number of rotatable bonds is 6. The Labute approximate surface area is 166 Å². The van der Waals surface area contributed by atoms with E-state index in [2.05, 4.69) is 17.1 Å². The van der Waals surface area contributed by atoms with E-state index in [0.29, 0.717) is 36.2 Å². The normalized spacial score (nSPS) is 25.8. The molecule has 2 saturated carbocycles. The first kappa shape index (κ1) is 17.5. The summed E-state index contributed by atoms with van der Waals surface area (Å²) < 4.78 is 5.27. The molecule has 0 aliphatic heterocycles. The van der Waals surface area contributed by atoms with Crippen LogP contribution in [0.4, 0.5) is 0 Å². The molecule has 1 heterocycles. The molecule has 3 atom stereocenters. The van der Waals surface area contributed by atoms with E-state index in [4.69, 9.17) is 4.74 Å². The van der Waals surface area contributed by atoms with Gasteiger partial charge in [-0.25, -0.2) is 0 Å². The zero-order valence-electron chi connectivity index (χ0n) is 16.3. The molecule has 0 radical (unpaired) electrons. The molecule has 28 heavy (non-hydrogen) atoms. The Bertz CT molecular complexity index is 887. The SMILES string of the molecule is COc1ccc(CN(Cc2cccnc2)C(=O)C2CC3C=CC2C32CC2)cc1. The van der Waals surface area contributed by atoms with E-state index < -0.39 is 0 Å². The third kappa shape index (κ3) is 2.92. The smallest absolute Gasteiger partial charge is 0.226 e. The number of ether oxygens (including phenoxy) is 1. The summed E-state index contributed by atoms with van der Waals surface area (Å²) in [4.78, 5) is 19.9. The lowest BCUT2D eigenvalue weighted by Gasteiger charge is -2.29. The molecule has 1 spiro atoms. The Morgan fingerprint density at radius 2 is 1.93 bits per heavy atom. The maximum Gasteiger partial charge on any atom is 0.226 e. The van der Waals surface area contributed by atoms with Crippen molar-refractivity contribution in [1.82, 2.24) is 9.88 Å². The topological polar surface area (TPSA) is 42.4 Å². The van der Waals surface area contributed by atoms with Crippen molar-refractivity contribution in [3.05, 3.63) is 72.1 Å². The molecule has 5 rings (SSSR count). The fraction of sp³-hybridized carbons (Fsp3) is 0.417. The van der Waals surface area contributed by atoms with E-state index in [1.165, 1.54) is 12.8 Å². The van der Waals surface area contributed by atoms with Crippen LogP contribution in [0.25, 0.3) is 0 Å². The number of hydrogen-bond donors (Lipinski definition) is 0. The van der Waals surface area contributed by atoms with Gasteiger partial charge in [0, 0.05) is 31.4 Å². The highest BCUT2D eigenvalue weighted by Crippen LogP contribution is 2.70. The number of benzene rings is 1. The minimum atomic E-state index is 0.132. The molecule has 3 unspecified atom stereocenters. The summed E-state index contributed by atoms with van der Waals surface area (Å²) in [5.41, 5.74) is 2.63. The van der Waals surface area contributed by atoms with Gasteiger partial charge in [-0.1, -0.05) is 30.4 Å². The van der Waals surface area contributed by atoms with Gasteiger partial charge in [0.05, 0.1) is 7.11 Å². The third-order valence-electron chi connectivity index (χ3n) is 6.98. The van der Waals surface area contributed by atoms with Gasteiger partial charge in [0.15, 0.2) is 0 Å². The van der Waals surface area contributed by atoms with E-state index in [-0.39, 0.29) is 5.92 Å². The molecule has 4 nitrogen and oxygen atoms in total.